The highest BCUT2D eigenvalue weighted by molar-refractivity contribution is 4.98. The third-order valence-corrected chi connectivity index (χ3v) is 3.72. The lowest BCUT2D eigenvalue weighted by molar-refractivity contribution is 0.189. The van der Waals surface area contributed by atoms with Crippen molar-refractivity contribution in [2.45, 2.75) is 39.2 Å². The molecule has 1 aromatic heterocycles. The van der Waals surface area contributed by atoms with Crippen LogP contribution in [0.4, 0.5) is 0 Å². The van der Waals surface area contributed by atoms with E-state index < -0.39 is 0 Å². The van der Waals surface area contributed by atoms with Crippen LogP contribution in [0.5, 0.6) is 0 Å². The van der Waals surface area contributed by atoms with Gasteiger partial charge in [-0.25, -0.2) is 4.98 Å². The molecule has 18 heavy (non-hydrogen) atoms. The molecule has 4 heteroatoms. The molecule has 0 unspecified atom stereocenters. The first-order valence-corrected chi connectivity index (χ1v) is 6.81. The molecule has 98 valence electrons. The molecular weight excluding hydrogens is 224 g/mol. The van der Waals surface area contributed by atoms with Crippen LogP contribution in [0.3, 0.4) is 0 Å². The first-order valence-electron chi connectivity index (χ1n) is 6.81. The van der Waals surface area contributed by atoms with Crippen LogP contribution in [0.15, 0.2) is 12.4 Å². The van der Waals surface area contributed by atoms with Gasteiger partial charge in [-0.05, 0) is 31.8 Å². The summed E-state index contributed by atoms with van der Waals surface area (Å²) in [6.45, 7) is 8.15. The maximum Gasteiger partial charge on any atom is 0.111 e. The molecule has 1 fully saturated rings. The van der Waals surface area contributed by atoms with Gasteiger partial charge in [0.1, 0.15) is 5.82 Å². The maximum absolute atomic E-state index is 8.69. The number of aromatic nitrogens is 2. The van der Waals surface area contributed by atoms with Crippen molar-refractivity contribution < 1.29 is 0 Å². The van der Waals surface area contributed by atoms with E-state index >= 15 is 0 Å². The van der Waals surface area contributed by atoms with Crippen LogP contribution in [-0.4, -0.2) is 34.1 Å². The summed E-state index contributed by atoms with van der Waals surface area (Å²) < 4.78 is 2.30. The highest BCUT2D eigenvalue weighted by atomic mass is 15.1. The van der Waals surface area contributed by atoms with Crippen molar-refractivity contribution >= 4 is 0 Å². The molecule has 0 bridgehead atoms. The normalized spacial score (nSPS) is 18.1. The molecule has 0 amide bonds. The zero-order valence-corrected chi connectivity index (χ0v) is 11.3. The minimum Gasteiger partial charge on any atom is -0.334 e. The highest BCUT2D eigenvalue weighted by Gasteiger charge is 2.20. The summed E-state index contributed by atoms with van der Waals surface area (Å²) in [6.07, 6.45) is 6.38. The summed E-state index contributed by atoms with van der Waals surface area (Å²) in [5.41, 5.74) is 0. The topological polar surface area (TPSA) is 44.9 Å². The smallest absolute Gasteiger partial charge is 0.111 e. The quantitative estimate of drug-likeness (QED) is 0.765. The molecule has 1 aliphatic heterocycles. The Kier molecular flexibility index (Phi) is 4.38. The molecule has 0 saturated carbocycles. The number of rotatable bonds is 4. The first kappa shape index (κ1) is 13.1. The predicted octanol–water partition coefficient (Wildman–Crippen LogP) is 2.24. The SMILES string of the molecule is CC(C)c1nccn1CC1CCN(CC#N)CC1. The lowest BCUT2D eigenvalue weighted by Crippen LogP contribution is -2.35. The molecule has 0 atom stereocenters. The second-order valence-electron chi connectivity index (χ2n) is 5.47. The number of nitrogens with zero attached hydrogens (tertiary/aromatic N) is 4. The molecule has 2 heterocycles. The Morgan fingerprint density at radius 2 is 2.17 bits per heavy atom. The van der Waals surface area contributed by atoms with E-state index in [1.807, 2.05) is 6.20 Å². The summed E-state index contributed by atoms with van der Waals surface area (Å²) in [6, 6.07) is 2.23. The first-order chi connectivity index (χ1) is 8.70. The van der Waals surface area contributed by atoms with E-state index in [0.29, 0.717) is 12.5 Å². The molecule has 1 aromatic rings. The van der Waals surface area contributed by atoms with Crippen molar-refractivity contribution in [1.82, 2.24) is 14.5 Å². The largest absolute Gasteiger partial charge is 0.334 e. The third kappa shape index (κ3) is 3.11. The summed E-state index contributed by atoms with van der Waals surface area (Å²) in [5.74, 6) is 2.40. The van der Waals surface area contributed by atoms with E-state index in [2.05, 4.69) is 40.6 Å². The van der Waals surface area contributed by atoms with Gasteiger partial charge in [0.2, 0.25) is 0 Å². The number of nitriles is 1. The fourth-order valence-electron chi connectivity index (χ4n) is 2.68. The Morgan fingerprint density at radius 3 is 2.78 bits per heavy atom. The van der Waals surface area contributed by atoms with E-state index in [1.165, 1.54) is 18.7 Å². The van der Waals surface area contributed by atoms with Gasteiger partial charge < -0.3 is 4.57 Å². The van der Waals surface area contributed by atoms with Gasteiger partial charge in [-0.3, -0.25) is 4.90 Å². The number of likely N-dealkylation sites (tertiary alicyclic amines) is 1. The Hall–Kier alpha value is -1.34. The standard InChI is InChI=1S/C14H22N4/c1-12(2)14-16-6-10-18(14)11-13-3-7-17(8-4-13)9-5-15/h6,10,12-13H,3-4,7-9,11H2,1-2H3. The van der Waals surface area contributed by atoms with Gasteiger partial charge in [0.25, 0.3) is 0 Å². The van der Waals surface area contributed by atoms with Crippen LogP contribution in [0.1, 0.15) is 38.4 Å². The Morgan fingerprint density at radius 1 is 1.44 bits per heavy atom. The van der Waals surface area contributed by atoms with Gasteiger partial charge in [0, 0.05) is 24.9 Å². The minimum atomic E-state index is 0.485. The third-order valence-electron chi connectivity index (χ3n) is 3.72. The predicted molar refractivity (Wildman–Crippen MR) is 71.1 cm³/mol. The lowest BCUT2D eigenvalue weighted by atomic mass is 9.96. The Bertz CT molecular complexity index is 408. The van der Waals surface area contributed by atoms with Crippen LogP contribution in [0.2, 0.25) is 0 Å². The molecule has 0 N–H and O–H groups in total. The van der Waals surface area contributed by atoms with Crippen LogP contribution in [0, 0.1) is 17.2 Å². The highest BCUT2D eigenvalue weighted by Crippen LogP contribution is 2.21. The van der Waals surface area contributed by atoms with Gasteiger partial charge in [-0.1, -0.05) is 13.8 Å². The van der Waals surface area contributed by atoms with Crippen molar-refractivity contribution in [1.29, 1.82) is 5.26 Å². The molecule has 1 saturated heterocycles. The van der Waals surface area contributed by atoms with Gasteiger partial charge in [-0.15, -0.1) is 0 Å². The van der Waals surface area contributed by atoms with Gasteiger partial charge in [0.05, 0.1) is 12.6 Å². The minimum absolute atomic E-state index is 0.485. The summed E-state index contributed by atoms with van der Waals surface area (Å²) in [5, 5.41) is 8.69. The fraction of sp³-hybridized carbons (Fsp3) is 0.714. The number of hydrogen-bond donors (Lipinski definition) is 0. The summed E-state index contributed by atoms with van der Waals surface area (Å²) >= 11 is 0. The van der Waals surface area contributed by atoms with Crippen molar-refractivity contribution in [2.24, 2.45) is 5.92 Å². The Balaban J connectivity index is 1.88. The Labute approximate surface area is 109 Å². The molecular formula is C14H22N4. The molecule has 0 spiro atoms. The lowest BCUT2D eigenvalue weighted by Gasteiger charge is -2.30. The fourth-order valence-corrected chi connectivity index (χ4v) is 2.68. The van der Waals surface area contributed by atoms with E-state index in [0.717, 1.165) is 25.6 Å². The molecule has 1 aliphatic rings. The second-order valence-corrected chi connectivity index (χ2v) is 5.47. The maximum atomic E-state index is 8.69. The second kappa shape index (κ2) is 6.01. The van der Waals surface area contributed by atoms with Crippen LogP contribution in [-0.2, 0) is 6.54 Å². The van der Waals surface area contributed by atoms with Crippen LogP contribution < -0.4 is 0 Å². The van der Waals surface area contributed by atoms with E-state index in [4.69, 9.17) is 5.26 Å². The summed E-state index contributed by atoms with van der Waals surface area (Å²) in [7, 11) is 0. The number of piperidine rings is 1. The van der Waals surface area contributed by atoms with E-state index in [9.17, 15) is 0 Å². The average Bonchev–Trinajstić information content (AvgIpc) is 2.80. The number of imidazole rings is 1. The molecule has 2 rings (SSSR count). The van der Waals surface area contributed by atoms with Crippen LogP contribution >= 0.6 is 0 Å². The van der Waals surface area contributed by atoms with E-state index in [1.54, 1.807) is 0 Å². The molecule has 0 aliphatic carbocycles. The molecule has 4 nitrogen and oxygen atoms in total. The van der Waals surface area contributed by atoms with Gasteiger partial charge >= 0.3 is 0 Å². The van der Waals surface area contributed by atoms with E-state index in [-0.39, 0.29) is 0 Å². The zero-order valence-electron chi connectivity index (χ0n) is 11.3. The van der Waals surface area contributed by atoms with Crippen molar-refractivity contribution in [3.8, 4) is 6.07 Å². The number of hydrogen-bond acceptors (Lipinski definition) is 3. The average molecular weight is 246 g/mol. The molecule has 0 aromatic carbocycles. The van der Waals surface area contributed by atoms with Crippen molar-refractivity contribution in [3.05, 3.63) is 18.2 Å². The van der Waals surface area contributed by atoms with Crippen molar-refractivity contribution in [2.75, 3.05) is 19.6 Å². The van der Waals surface area contributed by atoms with Gasteiger partial charge in [-0.2, -0.15) is 5.26 Å². The monoisotopic (exact) mass is 246 g/mol. The summed E-state index contributed by atoms with van der Waals surface area (Å²) in [4.78, 5) is 6.68. The van der Waals surface area contributed by atoms with Gasteiger partial charge in [0.15, 0.2) is 0 Å². The van der Waals surface area contributed by atoms with Crippen molar-refractivity contribution in [3.63, 3.8) is 0 Å². The molecule has 0 radical (unpaired) electrons. The zero-order chi connectivity index (χ0) is 13.0. The van der Waals surface area contributed by atoms with Crippen LogP contribution in [0.25, 0.3) is 0 Å².